The molecule has 0 saturated carbocycles. The summed E-state index contributed by atoms with van der Waals surface area (Å²) in [6.07, 6.45) is -10.8. The van der Waals surface area contributed by atoms with Crippen molar-refractivity contribution in [1.29, 1.82) is 0 Å². The summed E-state index contributed by atoms with van der Waals surface area (Å²) in [5, 5.41) is 14.3. The Morgan fingerprint density at radius 3 is 2.39 bits per heavy atom. The average molecular weight is 588 g/mol. The molecule has 2 aromatic carbocycles. The van der Waals surface area contributed by atoms with Gasteiger partial charge in [-0.15, -0.1) is 5.10 Å². The van der Waals surface area contributed by atoms with Gasteiger partial charge in [0, 0.05) is 33.3 Å². The molecule has 0 amide bonds. The second-order valence-corrected chi connectivity index (χ2v) is 9.51. The minimum Gasteiger partial charge on any atom is -0.383 e. The highest BCUT2D eigenvalue weighted by atomic mass is 19.4. The standard InChI is InChI=1S/C27H31F6N5O3/c1-39-11-8-34-16-22-23(36-37-35-22)17-38-9-12-41-25(24(38)19-5-3-2-4-6-19)40-10-7-18-13-20(26(28,29)30)15-21(14-18)27(31,32)33/h2-6,13-15,24-25,34H,7-12,16-17H2,1H3,(H,35,36,37). The minimum atomic E-state index is -4.92. The van der Waals surface area contributed by atoms with Gasteiger partial charge in [0.05, 0.1) is 42.7 Å². The van der Waals surface area contributed by atoms with E-state index in [1.54, 1.807) is 7.11 Å². The van der Waals surface area contributed by atoms with Gasteiger partial charge in [-0.25, -0.2) is 0 Å². The van der Waals surface area contributed by atoms with Gasteiger partial charge in [-0.1, -0.05) is 35.5 Å². The number of aromatic amines is 1. The molecule has 224 valence electrons. The van der Waals surface area contributed by atoms with Crippen molar-refractivity contribution in [2.75, 3.05) is 40.0 Å². The Balaban J connectivity index is 1.49. The van der Waals surface area contributed by atoms with Crippen LogP contribution in [0.1, 0.15) is 39.7 Å². The Bertz CT molecular complexity index is 1210. The maximum absolute atomic E-state index is 13.3. The van der Waals surface area contributed by atoms with Crippen LogP contribution in [0, 0.1) is 0 Å². The number of halogens is 6. The Morgan fingerprint density at radius 1 is 1.02 bits per heavy atom. The van der Waals surface area contributed by atoms with Gasteiger partial charge in [-0.05, 0) is 35.7 Å². The number of ether oxygens (including phenoxy) is 3. The molecule has 1 aliphatic rings. The lowest BCUT2D eigenvalue weighted by Crippen LogP contribution is -2.46. The molecule has 0 aliphatic carbocycles. The molecule has 4 rings (SSSR count). The summed E-state index contributed by atoms with van der Waals surface area (Å²) in [6.45, 7) is 2.78. The van der Waals surface area contributed by atoms with Gasteiger partial charge in [0.1, 0.15) is 5.69 Å². The lowest BCUT2D eigenvalue weighted by molar-refractivity contribution is -0.212. The zero-order valence-corrected chi connectivity index (χ0v) is 22.3. The molecule has 0 bridgehead atoms. The van der Waals surface area contributed by atoms with Crippen molar-refractivity contribution in [3.8, 4) is 0 Å². The van der Waals surface area contributed by atoms with Crippen molar-refractivity contribution in [1.82, 2.24) is 25.6 Å². The second-order valence-electron chi connectivity index (χ2n) is 9.51. The van der Waals surface area contributed by atoms with E-state index < -0.39 is 35.8 Å². The van der Waals surface area contributed by atoms with Gasteiger partial charge in [-0.2, -0.15) is 26.3 Å². The van der Waals surface area contributed by atoms with Crippen LogP contribution in [0.15, 0.2) is 48.5 Å². The first-order chi connectivity index (χ1) is 19.6. The molecule has 2 N–H and O–H groups in total. The number of aromatic nitrogens is 3. The highest BCUT2D eigenvalue weighted by Crippen LogP contribution is 2.37. The van der Waals surface area contributed by atoms with Crippen LogP contribution < -0.4 is 5.32 Å². The summed E-state index contributed by atoms with van der Waals surface area (Å²) in [4.78, 5) is 2.10. The number of morpholine rings is 1. The van der Waals surface area contributed by atoms with E-state index in [0.29, 0.717) is 51.5 Å². The molecular weight excluding hydrogens is 556 g/mol. The van der Waals surface area contributed by atoms with Crippen LogP contribution in [-0.2, 0) is 46.1 Å². The average Bonchev–Trinajstić information content (AvgIpc) is 3.37. The van der Waals surface area contributed by atoms with Gasteiger partial charge in [0.2, 0.25) is 0 Å². The van der Waals surface area contributed by atoms with E-state index in [1.807, 2.05) is 30.3 Å². The Kier molecular flexibility index (Phi) is 10.4. The van der Waals surface area contributed by atoms with Crippen molar-refractivity contribution >= 4 is 0 Å². The summed E-state index contributed by atoms with van der Waals surface area (Å²) in [6, 6.07) is 10.5. The lowest BCUT2D eigenvalue weighted by atomic mass is 10.0. The number of methoxy groups -OCH3 is 1. The predicted molar refractivity (Wildman–Crippen MR) is 135 cm³/mol. The molecule has 14 heteroatoms. The third-order valence-corrected chi connectivity index (χ3v) is 6.61. The number of nitrogens with one attached hydrogen (secondary N) is 2. The number of hydrogen-bond acceptors (Lipinski definition) is 7. The number of nitrogens with zero attached hydrogens (tertiary/aromatic N) is 3. The van der Waals surface area contributed by atoms with E-state index in [4.69, 9.17) is 14.2 Å². The first-order valence-corrected chi connectivity index (χ1v) is 12.9. The Hall–Kier alpha value is -3.04. The molecular formula is C27H31F6N5O3. The SMILES string of the molecule is COCCNCc1[nH]nnc1CN1CCOC(OCCc2cc(C(F)(F)F)cc(C(F)(F)F)c2)C1c1ccccc1. The first-order valence-electron chi connectivity index (χ1n) is 12.9. The third kappa shape index (κ3) is 8.49. The molecule has 2 atom stereocenters. The van der Waals surface area contributed by atoms with Crippen molar-refractivity contribution in [2.45, 2.75) is 44.2 Å². The fraction of sp³-hybridized carbons (Fsp3) is 0.481. The molecule has 2 heterocycles. The summed E-state index contributed by atoms with van der Waals surface area (Å²) in [7, 11) is 1.62. The maximum atomic E-state index is 13.3. The topological polar surface area (TPSA) is 84.5 Å². The zero-order chi connectivity index (χ0) is 29.5. The molecule has 2 unspecified atom stereocenters. The smallest absolute Gasteiger partial charge is 0.383 e. The zero-order valence-electron chi connectivity index (χ0n) is 22.3. The van der Waals surface area contributed by atoms with Crippen molar-refractivity contribution in [3.05, 3.63) is 82.2 Å². The number of benzene rings is 2. The summed E-state index contributed by atoms with van der Waals surface area (Å²) in [5.41, 5.74) is -0.445. The molecule has 1 aliphatic heterocycles. The fourth-order valence-electron chi connectivity index (χ4n) is 4.60. The van der Waals surface area contributed by atoms with Gasteiger partial charge in [0.25, 0.3) is 0 Å². The molecule has 1 fully saturated rings. The number of alkyl halides is 6. The summed E-state index contributed by atoms with van der Waals surface area (Å²) in [5.74, 6) is 0. The largest absolute Gasteiger partial charge is 0.416 e. The molecule has 1 aromatic heterocycles. The van der Waals surface area contributed by atoms with Crippen molar-refractivity contribution in [2.24, 2.45) is 0 Å². The lowest BCUT2D eigenvalue weighted by Gasteiger charge is -2.41. The summed E-state index contributed by atoms with van der Waals surface area (Å²) < 4.78 is 96.6. The van der Waals surface area contributed by atoms with E-state index in [2.05, 4.69) is 25.6 Å². The van der Waals surface area contributed by atoms with E-state index in [9.17, 15) is 26.3 Å². The van der Waals surface area contributed by atoms with Crippen LogP contribution in [0.5, 0.6) is 0 Å². The van der Waals surface area contributed by atoms with Crippen LogP contribution in [0.4, 0.5) is 26.3 Å². The molecule has 0 radical (unpaired) electrons. The van der Waals surface area contributed by atoms with Crippen LogP contribution in [0.2, 0.25) is 0 Å². The Labute approximate surface area is 233 Å². The Morgan fingerprint density at radius 2 is 1.73 bits per heavy atom. The molecule has 3 aromatic rings. The molecule has 8 nitrogen and oxygen atoms in total. The molecule has 41 heavy (non-hydrogen) atoms. The van der Waals surface area contributed by atoms with E-state index in [-0.39, 0.29) is 24.7 Å². The van der Waals surface area contributed by atoms with Crippen molar-refractivity contribution < 1.29 is 40.6 Å². The van der Waals surface area contributed by atoms with Crippen LogP contribution >= 0.6 is 0 Å². The van der Waals surface area contributed by atoms with Crippen molar-refractivity contribution in [3.63, 3.8) is 0 Å². The molecule has 0 spiro atoms. The van der Waals surface area contributed by atoms with E-state index >= 15 is 0 Å². The van der Waals surface area contributed by atoms with Crippen LogP contribution in [0.25, 0.3) is 0 Å². The van der Waals surface area contributed by atoms with Gasteiger partial charge in [0.15, 0.2) is 6.29 Å². The number of rotatable bonds is 12. The number of hydrogen-bond donors (Lipinski definition) is 2. The second kappa shape index (κ2) is 13.7. The highest BCUT2D eigenvalue weighted by molar-refractivity contribution is 5.33. The van der Waals surface area contributed by atoms with E-state index in [0.717, 1.165) is 17.0 Å². The van der Waals surface area contributed by atoms with Gasteiger partial charge in [-0.3, -0.25) is 10.00 Å². The van der Waals surface area contributed by atoms with Crippen LogP contribution in [0.3, 0.4) is 0 Å². The predicted octanol–water partition coefficient (Wildman–Crippen LogP) is 4.74. The highest BCUT2D eigenvalue weighted by Gasteiger charge is 2.38. The normalized spacial score (nSPS) is 18.6. The third-order valence-electron chi connectivity index (χ3n) is 6.61. The quantitative estimate of drug-likeness (QED) is 0.234. The van der Waals surface area contributed by atoms with Gasteiger partial charge >= 0.3 is 12.4 Å². The summed E-state index contributed by atoms with van der Waals surface area (Å²) >= 11 is 0. The van der Waals surface area contributed by atoms with Gasteiger partial charge < -0.3 is 19.5 Å². The van der Waals surface area contributed by atoms with E-state index in [1.165, 1.54) is 0 Å². The minimum absolute atomic E-state index is 0.114. The fourth-order valence-corrected chi connectivity index (χ4v) is 4.60. The first kappa shape index (κ1) is 30.9. The monoisotopic (exact) mass is 587 g/mol. The van der Waals surface area contributed by atoms with Crippen LogP contribution in [-0.4, -0.2) is 66.6 Å². The maximum Gasteiger partial charge on any atom is 0.416 e. The molecule has 1 saturated heterocycles. The number of H-pyrrole nitrogens is 1.